The predicted molar refractivity (Wildman–Crippen MR) is 84.6 cm³/mol. The third-order valence-electron chi connectivity index (χ3n) is 4.37. The largest absolute Gasteiger partial charge is 0.314 e. The van der Waals surface area contributed by atoms with E-state index in [2.05, 4.69) is 35.2 Å². The zero-order valence-corrected chi connectivity index (χ0v) is 13.0. The SMILES string of the molecule is CCCNC1CCCC1CCN(C)Cc1cccnc1. The Morgan fingerprint density at radius 3 is 3.05 bits per heavy atom. The molecule has 0 aromatic carbocycles. The van der Waals surface area contributed by atoms with Gasteiger partial charge in [0.1, 0.15) is 0 Å². The number of nitrogens with one attached hydrogen (secondary N) is 1. The maximum atomic E-state index is 4.18. The van der Waals surface area contributed by atoms with Crippen LogP contribution in [-0.4, -0.2) is 36.1 Å². The van der Waals surface area contributed by atoms with Gasteiger partial charge in [-0.05, 0) is 63.4 Å². The second kappa shape index (κ2) is 8.38. The Labute approximate surface area is 123 Å². The summed E-state index contributed by atoms with van der Waals surface area (Å²) in [6.07, 6.45) is 10.5. The lowest BCUT2D eigenvalue weighted by molar-refractivity contribution is 0.274. The van der Waals surface area contributed by atoms with Gasteiger partial charge >= 0.3 is 0 Å². The van der Waals surface area contributed by atoms with Crippen LogP contribution in [0.5, 0.6) is 0 Å². The third-order valence-corrected chi connectivity index (χ3v) is 4.37. The molecule has 112 valence electrons. The molecule has 0 spiro atoms. The molecule has 1 fully saturated rings. The van der Waals surface area contributed by atoms with Gasteiger partial charge in [-0.1, -0.05) is 19.4 Å². The highest BCUT2D eigenvalue weighted by Gasteiger charge is 2.26. The Morgan fingerprint density at radius 1 is 1.40 bits per heavy atom. The normalized spacial score (nSPS) is 22.6. The van der Waals surface area contributed by atoms with Crippen LogP contribution in [0.4, 0.5) is 0 Å². The summed E-state index contributed by atoms with van der Waals surface area (Å²) in [4.78, 5) is 6.61. The summed E-state index contributed by atoms with van der Waals surface area (Å²) >= 11 is 0. The molecule has 2 unspecified atom stereocenters. The predicted octanol–water partition coefficient (Wildman–Crippen LogP) is 3.07. The highest BCUT2D eigenvalue weighted by Crippen LogP contribution is 2.28. The van der Waals surface area contributed by atoms with E-state index in [-0.39, 0.29) is 0 Å². The van der Waals surface area contributed by atoms with Gasteiger partial charge < -0.3 is 10.2 Å². The maximum Gasteiger partial charge on any atom is 0.0312 e. The quantitative estimate of drug-likeness (QED) is 0.790. The van der Waals surface area contributed by atoms with Crippen molar-refractivity contribution < 1.29 is 0 Å². The smallest absolute Gasteiger partial charge is 0.0312 e. The molecule has 3 heteroatoms. The minimum Gasteiger partial charge on any atom is -0.314 e. The molecule has 1 N–H and O–H groups in total. The molecule has 0 radical (unpaired) electrons. The molecule has 1 saturated carbocycles. The first-order chi connectivity index (χ1) is 9.79. The number of hydrogen-bond donors (Lipinski definition) is 1. The fourth-order valence-electron chi connectivity index (χ4n) is 3.25. The van der Waals surface area contributed by atoms with Crippen LogP contribution in [0.3, 0.4) is 0 Å². The summed E-state index contributed by atoms with van der Waals surface area (Å²) in [5.41, 5.74) is 1.31. The molecule has 20 heavy (non-hydrogen) atoms. The van der Waals surface area contributed by atoms with Crippen LogP contribution in [0, 0.1) is 5.92 Å². The van der Waals surface area contributed by atoms with Crippen LogP contribution in [0.2, 0.25) is 0 Å². The van der Waals surface area contributed by atoms with Gasteiger partial charge in [-0.15, -0.1) is 0 Å². The second-order valence-corrected chi connectivity index (χ2v) is 6.14. The van der Waals surface area contributed by atoms with Gasteiger partial charge in [0.15, 0.2) is 0 Å². The molecule has 0 saturated heterocycles. The Hall–Kier alpha value is -0.930. The first-order valence-corrected chi connectivity index (χ1v) is 8.10. The standard InChI is InChI=1S/C17H29N3/c1-3-10-19-17-8-4-7-16(17)9-12-20(2)14-15-6-5-11-18-13-15/h5-6,11,13,16-17,19H,3-4,7-10,12,14H2,1-2H3. The Kier molecular flexibility index (Phi) is 6.48. The van der Waals surface area contributed by atoms with E-state index in [0.717, 1.165) is 18.5 Å². The highest BCUT2D eigenvalue weighted by atomic mass is 15.1. The Bertz CT molecular complexity index is 366. The van der Waals surface area contributed by atoms with Crippen molar-refractivity contribution in [2.24, 2.45) is 5.92 Å². The topological polar surface area (TPSA) is 28.2 Å². The number of pyridine rings is 1. The lowest BCUT2D eigenvalue weighted by Gasteiger charge is -2.24. The molecule has 1 aliphatic rings. The highest BCUT2D eigenvalue weighted by molar-refractivity contribution is 5.07. The van der Waals surface area contributed by atoms with Crippen LogP contribution >= 0.6 is 0 Å². The average molecular weight is 275 g/mol. The second-order valence-electron chi connectivity index (χ2n) is 6.14. The number of hydrogen-bond acceptors (Lipinski definition) is 3. The van der Waals surface area contributed by atoms with Crippen LogP contribution in [-0.2, 0) is 6.54 Å². The third kappa shape index (κ3) is 4.88. The van der Waals surface area contributed by atoms with Gasteiger partial charge in [0.25, 0.3) is 0 Å². The van der Waals surface area contributed by atoms with E-state index in [1.165, 1.54) is 50.8 Å². The summed E-state index contributed by atoms with van der Waals surface area (Å²) in [7, 11) is 2.22. The summed E-state index contributed by atoms with van der Waals surface area (Å²) in [5.74, 6) is 0.873. The number of aromatic nitrogens is 1. The van der Waals surface area contributed by atoms with E-state index in [4.69, 9.17) is 0 Å². The van der Waals surface area contributed by atoms with Crippen molar-refractivity contribution in [1.29, 1.82) is 0 Å². The van der Waals surface area contributed by atoms with Crippen LogP contribution in [0.25, 0.3) is 0 Å². The van der Waals surface area contributed by atoms with Crippen molar-refractivity contribution in [3.05, 3.63) is 30.1 Å². The van der Waals surface area contributed by atoms with Crippen molar-refractivity contribution in [2.45, 2.75) is 51.6 Å². The van der Waals surface area contributed by atoms with Crippen molar-refractivity contribution in [3.8, 4) is 0 Å². The minimum atomic E-state index is 0.766. The lowest BCUT2D eigenvalue weighted by atomic mass is 9.99. The van der Waals surface area contributed by atoms with Crippen molar-refractivity contribution >= 4 is 0 Å². The Morgan fingerprint density at radius 2 is 2.30 bits per heavy atom. The van der Waals surface area contributed by atoms with Gasteiger partial charge in [-0.2, -0.15) is 0 Å². The summed E-state index contributed by atoms with van der Waals surface area (Å²) < 4.78 is 0. The zero-order valence-electron chi connectivity index (χ0n) is 13.0. The zero-order chi connectivity index (χ0) is 14.2. The lowest BCUT2D eigenvalue weighted by Crippen LogP contribution is -2.34. The molecule has 0 bridgehead atoms. The van der Waals surface area contributed by atoms with Gasteiger partial charge in [0, 0.05) is 25.0 Å². The van der Waals surface area contributed by atoms with Crippen molar-refractivity contribution in [3.63, 3.8) is 0 Å². The molecule has 3 nitrogen and oxygen atoms in total. The van der Waals surface area contributed by atoms with Gasteiger partial charge in [-0.3, -0.25) is 4.98 Å². The first kappa shape index (κ1) is 15.5. The fourth-order valence-corrected chi connectivity index (χ4v) is 3.25. The molecule has 0 aliphatic heterocycles. The molecular weight excluding hydrogens is 246 g/mol. The minimum absolute atomic E-state index is 0.766. The van der Waals surface area contributed by atoms with E-state index < -0.39 is 0 Å². The molecule has 1 aromatic heterocycles. The Balaban J connectivity index is 1.71. The molecule has 2 atom stereocenters. The summed E-state index contributed by atoms with van der Waals surface area (Å²) in [6.45, 7) is 5.61. The fraction of sp³-hybridized carbons (Fsp3) is 0.706. The van der Waals surface area contributed by atoms with Crippen LogP contribution in [0.15, 0.2) is 24.5 Å². The molecule has 1 aliphatic carbocycles. The molecule has 0 amide bonds. The maximum absolute atomic E-state index is 4.18. The molecular formula is C17H29N3. The average Bonchev–Trinajstić information content (AvgIpc) is 2.91. The van der Waals surface area contributed by atoms with E-state index in [9.17, 15) is 0 Å². The van der Waals surface area contributed by atoms with Crippen LogP contribution < -0.4 is 5.32 Å². The van der Waals surface area contributed by atoms with Gasteiger partial charge in [0.05, 0.1) is 0 Å². The van der Waals surface area contributed by atoms with Crippen molar-refractivity contribution in [2.75, 3.05) is 20.1 Å². The van der Waals surface area contributed by atoms with E-state index >= 15 is 0 Å². The molecule has 2 rings (SSSR count). The van der Waals surface area contributed by atoms with E-state index in [1.54, 1.807) is 0 Å². The van der Waals surface area contributed by atoms with Crippen molar-refractivity contribution in [1.82, 2.24) is 15.2 Å². The summed E-state index contributed by atoms with van der Waals surface area (Å²) in [5, 5.41) is 3.73. The van der Waals surface area contributed by atoms with E-state index in [1.807, 2.05) is 18.5 Å². The number of nitrogens with zero attached hydrogens (tertiary/aromatic N) is 2. The van der Waals surface area contributed by atoms with Crippen LogP contribution in [0.1, 0.15) is 44.6 Å². The monoisotopic (exact) mass is 275 g/mol. The molecule has 1 aromatic rings. The summed E-state index contributed by atoms with van der Waals surface area (Å²) in [6, 6.07) is 4.94. The number of rotatable bonds is 8. The van der Waals surface area contributed by atoms with Gasteiger partial charge in [0.2, 0.25) is 0 Å². The first-order valence-electron chi connectivity index (χ1n) is 8.10. The molecule has 1 heterocycles. The van der Waals surface area contributed by atoms with Gasteiger partial charge in [-0.25, -0.2) is 0 Å². The van der Waals surface area contributed by atoms with E-state index in [0.29, 0.717) is 0 Å².